The average Bonchev–Trinajstić information content (AvgIpc) is 2.31. The highest BCUT2D eigenvalue weighted by Gasteiger charge is 2.17. The van der Waals surface area contributed by atoms with Crippen LogP contribution in [0, 0.1) is 0 Å². The number of hydrogen-bond donors (Lipinski definition) is 2. The number of nitrogens with zero attached hydrogens (tertiary/aromatic N) is 1. The van der Waals surface area contributed by atoms with Crippen molar-refractivity contribution in [3.05, 3.63) is 29.0 Å². The minimum atomic E-state index is -0.146. The van der Waals surface area contributed by atoms with Crippen LogP contribution in [0.25, 0.3) is 0 Å². The van der Waals surface area contributed by atoms with Crippen LogP contribution < -0.4 is 10.6 Å². The maximum Gasteiger partial charge on any atom is 0.254 e. The topological polar surface area (TPSA) is 54.0 Å². The summed E-state index contributed by atoms with van der Waals surface area (Å²) >= 11 is 5.85. The van der Waals surface area contributed by atoms with Crippen LogP contribution in [0.4, 0.5) is 0 Å². The first-order valence-corrected chi connectivity index (χ1v) is 5.77. The standard InChI is InChI=1S/C11H14ClN3O/c12-10-9(4-2-6-14-10)11(16)15-8-3-1-5-13-7-8/h2,4,6,8,13H,1,3,5,7H2,(H,15,16). The van der Waals surface area contributed by atoms with Crippen molar-refractivity contribution < 1.29 is 4.79 Å². The molecule has 0 aromatic carbocycles. The van der Waals surface area contributed by atoms with Crippen molar-refractivity contribution in [2.45, 2.75) is 18.9 Å². The zero-order valence-electron chi connectivity index (χ0n) is 8.87. The van der Waals surface area contributed by atoms with Gasteiger partial charge in [0, 0.05) is 18.8 Å². The van der Waals surface area contributed by atoms with Crippen molar-refractivity contribution in [1.29, 1.82) is 0 Å². The Morgan fingerprint density at radius 2 is 2.50 bits per heavy atom. The Hall–Kier alpha value is -1.13. The fraction of sp³-hybridized carbons (Fsp3) is 0.455. The van der Waals surface area contributed by atoms with E-state index in [4.69, 9.17) is 11.6 Å². The summed E-state index contributed by atoms with van der Waals surface area (Å²) in [5, 5.41) is 6.45. The lowest BCUT2D eigenvalue weighted by Crippen LogP contribution is -2.45. The van der Waals surface area contributed by atoms with Crippen molar-refractivity contribution in [3.63, 3.8) is 0 Å². The van der Waals surface area contributed by atoms with Crippen LogP contribution in [0.3, 0.4) is 0 Å². The number of carbonyl (C=O) groups excluding carboxylic acids is 1. The number of halogens is 1. The summed E-state index contributed by atoms with van der Waals surface area (Å²) in [7, 11) is 0. The van der Waals surface area contributed by atoms with E-state index in [-0.39, 0.29) is 17.1 Å². The lowest BCUT2D eigenvalue weighted by molar-refractivity contribution is 0.0930. The van der Waals surface area contributed by atoms with E-state index in [1.165, 1.54) is 0 Å². The van der Waals surface area contributed by atoms with Gasteiger partial charge in [-0.1, -0.05) is 11.6 Å². The molecule has 4 nitrogen and oxygen atoms in total. The molecule has 0 radical (unpaired) electrons. The number of rotatable bonds is 2. The Labute approximate surface area is 99.4 Å². The third-order valence-corrected chi connectivity index (χ3v) is 2.94. The van der Waals surface area contributed by atoms with Gasteiger partial charge in [-0.3, -0.25) is 4.79 Å². The first kappa shape index (κ1) is 11.4. The van der Waals surface area contributed by atoms with E-state index in [1.807, 2.05) is 0 Å². The second-order valence-corrected chi connectivity index (χ2v) is 4.22. The Morgan fingerprint density at radius 3 is 3.19 bits per heavy atom. The van der Waals surface area contributed by atoms with Gasteiger partial charge in [-0.15, -0.1) is 0 Å². The zero-order chi connectivity index (χ0) is 11.4. The molecule has 1 atom stereocenters. The molecule has 16 heavy (non-hydrogen) atoms. The van der Waals surface area contributed by atoms with Crippen molar-refractivity contribution >= 4 is 17.5 Å². The number of nitrogens with one attached hydrogen (secondary N) is 2. The highest BCUT2D eigenvalue weighted by Crippen LogP contribution is 2.12. The van der Waals surface area contributed by atoms with Crippen molar-refractivity contribution in [3.8, 4) is 0 Å². The number of piperidine rings is 1. The van der Waals surface area contributed by atoms with E-state index in [1.54, 1.807) is 18.3 Å². The summed E-state index contributed by atoms with van der Waals surface area (Å²) in [4.78, 5) is 15.8. The molecule has 1 saturated heterocycles. The minimum Gasteiger partial charge on any atom is -0.348 e. The normalized spacial score (nSPS) is 20.4. The Morgan fingerprint density at radius 1 is 1.62 bits per heavy atom. The van der Waals surface area contributed by atoms with Crippen molar-refractivity contribution in [2.75, 3.05) is 13.1 Å². The summed E-state index contributed by atoms with van der Waals surface area (Å²) < 4.78 is 0. The van der Waals surface area contributed by atoms with Crippen LogP contribution in [0.15, 0.2) is 18.3 Å². The molecule has 1 unspecified atom stereocenters. The molecule has 0 aliphatic carbocycles. The smallest absolute Gasteiger partial charge is 0.254 e. The second kappa shape index (κ2) is 5.27. The molecular formula is C11H14ClN3O. The lowest BCUT2D eigenvalue weighted by atomic mass is 10.1. The third kappa shape index (κ3) is 2.71. The SMILES string of the molecule is O=C(NC1CCCNC1)c1cccnc1Cl. The fourth-order valence-electron chi connectivity index (χ4n) is 1.79. The Balaban J connectivity index is 2.00. The van der Waals surface area contributed by atoms with Gasteiger partial charge in [-0.25, -0.2) is 4.98 Å². The fourth-order valence-corrected chi connectivity index (χ4v) is 2.00. The number of carbonyl (C=O) groups is 1. The molecule has 86 valence electrons. The van der Waals surface area contributed by atoms with Gasteiger partial charge >= 0.3 is 0 Å². The molecule has 1 aliphatic heterocycles. The van der Waals surface area contributed by atoms with E-state index >= 15 is 0 Å². The number of pyridine rings is 1. The highest BCUT2D eigenvalue weighted by atomic mass is 35.5. The van der Waals surface area contributed by atoms with Crippen LogP contribution in [0.5, 0.6) is 0 Å². The third-order valence-electron chi connectivity index (χ3n) is 2.64. The van der Waals surface area contributed by atoms with Crippen LogP contribution in [0.2, 0.25) is 5.15 Å². The molecule has 2 rings (SSSR count). The summed E-state index contributed by atoms with van der Waals surface area (Å²) in [5.41, 5.74) is 0.440. The van der Waals surface area contributed by atoms with E-state index < -0.39 is 0 Å². The van der Waals surface area contributed by atoms with Gasteiger partial charge in [0.2, 0.25) is 0 Å². The van der Waals surface area contributed by atoms with E-state index in [2.05, 4.69) is 15.6 Å². The van der Waals surface area contributed by atoms with Crippen molar-refractivity contribution in [1.82, 2.24) is 15.6 Å². The minimum absolute atomic E-state index is 0.146. The highest BCUT2D eigenvalue weighted by molar-refractivity contribution is 6.32. The zero-order valence-corrected chi connectivity index (χ0v) is 9.63. The predicted molar refractivity (Wildman–Crippen MR) is 62.6 cm³/mol. The molecule has 1 amide bonds. The average molecular weight is 240 g/mol. The van der Waals surface area contributed by atoms with Crippen molar-refractivity contribution in [2.24, 2.45) is 0 Å². The molecule has 0 spiro atoms. The summed E-state index contributed by atoms with van der Waals surface area (Å²) in [6.45, 7) is 1.85. The molecule has 2 heterocycles. The molecule has 2 N–H and O–H groups in total. The quantitative estimate of drug-likeness (QED) is 0.763. The predicted octanol–water partition coefficient (Wildman–Crippen LogP) is 1.22. The molecule has 1 aromatic heterocycles. The number of amides is 1. The summed E-state index contributed by atoms with van der Waals surface area (Å²) in [6.07, 6.45) is 3.67. The van der Waals surface area contributed by atoms with Crippen LogP contribution >= 0.6 is 11.6 Å². The molecule has 1 aromatic rings. The first-order valence-electron chi connectivity index (χ1n) is 5.39. The molecule has 1 aliphatic rings. The molecule has 0 bridgehead atoms. The molecule has 1 fully saturated rings. The first-order chi connectivity index (χ1) is 7.77. The number of hydrogen-bond acceptors (Lipinski definition) is 3. The summed E-state index contributed by atoms with van der Waals surface area (Å²) in [6, 6.07) is 3.58. The second-order valence-electron chi connectivity index (χ2n) is 3.86. The molecular weight excluding hydrogens is 226 g/mol. The van der Waals surface area contributed by atoms with Crippen LogP contribution in [0.1, 0.15) is 23.2 Å². The largest absolute Gasteiger partial charge is 0.348 e. The lowest BCUT2D eigenvalue weighted by Gasteiger charge is -2.23. The Kier molecular flexibility index (Phi) is 3.74. The molecule has 0 saturated carbocycles. The van der Waals surface area contributed by atoms with E-state index in [0.29, 0.717) is 5.56 Å². The van der Waals surface area contributed by atoms with Gasteiger partial charge in [-0.2, -0.15) is 0 Å². The van der Waals surface area contributed by atoms with Gasteiger partial charge in [0.25, 0.3) is 5.91 Å². The van der Waals surface area contributed by atoms with Gasteiger partial charge in [0.05, 0.1) is 5.56 Å². The van der Waals surface area contributed by atoms with Gasteiger partial charge in [0.1, 0.15) is 5.15 Å². The summed E-state index contributed by atoms with van der Waals surface area (Å²) in [5.74, 6) is -0.146. The monoisotopic (exact) mass is 239 g/mol. The van der Waals surface area contributed by atoms with E-state index in [9.17, 15) is 4.79 Å². The van der Waals surface area contributed by atoms with Crippen LogP contribution in [-0.4, -0.2) is 30.0 Å². The Bertz CT molecular complexity index is 377. The van der Waals surface area contributed by atoms with Gasteiger partial charge in [-0.05, 0) is 31.5 Å². The van der Waals surface area contributed by atoms with E-state index in [0.717, 1.165) is 25.9 Å². The van der Waals surface area contributed by atoms with Gasteiger partial charge < -0.3 is 10.6 Å². The molecule has 5 heteroatoms. The van der Waals surface area contributed by atoms with Crippen LogP contribution in [-0.2, 0) is 0 Å². The maximum absolute atomic E-state index is 11.9. The number of aromatic nitrogens is 1. The van der Waals surface area contributed by atoms with Gasteiger partial charge in [0.15, 0.2) is 0 Å². The maximum atomic E-state index is 11.9.